The number of rotatable bonds is 5. The van der Waals surface area contributed by atoms with Crippen molar-refractivity contribution < 1.29 is 4.74 Å². The summed E-state index contributed by atoms with van der Waals surface area (Å²) in [7, 11) is 1.72. The van der Waals surface area contributed by atoms with Gasteiger partial charge in [-0.3, -0.25) is 0 Å². The molecule has 0 bridgehead atoms. The van der Waals surface area contributed by atoms with Crippen LogP contribution in [-0.2, 0) is 4.74 Å². The third-order valence-corrected chi connectivity index (χ3v) is 3.48. The van der Waals surface area contributed by atoms with Gasteiger partial charge in [0.2, 0.25) is 0 Å². The average molecular weight is 287 g/mol. The van der Waals surface area contributed by atoms with E-state index in [0.717, 1.165) is 16.8 Å². The van der Waals surface area contributed by atoms with Crippen molar-refractivity contribution in [1.29, 1.82) is 0 Å². The van der Waals surface area contributed by atoms with Gasteiger partial charge in [0.15, 0.2) is 0 Å². The first-order chi connectivity index (χ1) is 7.57. The van der Waals surface area contributed by atoms with Crippen molar-refractivity contribution in [1.82, 2.24) is 4.98 Å². The van der Waals surface area contributed by atoms with Gasteiger partial charge in [0, 0.05) is 25.9 Å². The van der Waals surface area contributed by atoms with Crippen molar-refractivity contribution in [3.63, 3.8) is 0 Å². The predicted molar refractivity (Wildman–Crippen MR) is 71.0 cm³/mol. The summed E-state index contributed by atoms with van der Waals surface area (Å²) < 4.78 is 6.20. The van der Waals surface area contributed by atoms with Gasteiger partial charge in [0.1, 0.15) is 5.82 Å². The molecule has 16 heavy (non-hydrogen) atoms. The number of hydrogen-bond donors (Lipinski definition) is 0. The highest BCUT2D eigenvalue weighted by Crippen LogP contribution is 2.27. The number of aromatic nitrogens is 1. The highest BCUT2D eigenvalue weighted by Gasteiger charge is 2.15. The molecular weight excluding hydrogens is 268 g/mol. The van der Waals surface area contributed by atoms with E-state index >= 15 is 0 Å². The van der Waals surface area contributed by atoms with Crippen LogP contribution < -0.4 is 4.90 Å². The van der Waals surface area contributed by atoms with Gasteiger partial charge in [-0.15, -0.1) is 0 Å². The zero-order chi connectivity index (χ0) is 12.1. The van der Waals surface area contributed by atoms with E-state index in [1.165, 1.54) is 5.56 Å². The molecule has 1 rings (SSSR count). The Bertz CT molecular complexity index is 342. The lowest BCUT2D eigenvalue weighted by molar-refractivity contribution is 0.203. The fourth-order valence-electron chi connectivity index (χ4n) is 1.52. The predicted octanol–water partition coefficient (Wildman–Crippen LogP) is 3.01. The first-order valence-electron chi connectivity index (χ1n) is 5.44. The van der Waals surface area contributed by atoms with Gasteiger partial charge >= 0.3 is 0 Å². The van der Waals surface area contributed by atoms with Crippen molar-refractivity contribution in [3.05, 3.63) is 22.3 Å². The fraction of sp³-hybridized carbons (Fsp3) is 0.583. The van der Waals surface area contributed by atoms with E-state index in [1.807, 2.05) is 12.3 Å². The molecule has 0 atom stereocenters. The number of methoxy groups -OCH3 is 1. The summed E-state index contributed by atoms with van der Waals surface area (Å²) in [5.74, 6) is 0.993. The maximum absolute atomic E-state index is 5.13. The maximum Gasteiger partial charge on any atom is 0.143 e. The summed E-state index contributed by atoms with van der Waals surface area (Å²) in [6.45, 7) is 7.95. The minimum absolute atomic E-state index is 0.403. The van der Waals surface area contributed by atoms with Crippen LogP contribution in [0.3, 0.4) is 0 Å². The van der Waals surface area contributed by atoms with E-state index in [2.05, 4.69) is 46.6 Å². The third kappa shape index (κ3) is 3.19. The van der Waals surface area contributed by atoms with E-state index in [9.17, 15) is 0 Å². The number of ether oxygens (including phenoxy) is 1. The normalized spacial score (nSPS) is 10.9. The molecule has 90 valence electrons. The van der Waals surface area contributed by atoms with Gasteiger partial charge in [0.25, 0.3) is 0 Å². The summed E-state index contributed by atoms with van der Waals surface area (Å²) in [5, 5.41) is 0. The molecule has 0 radical (unpaired) electrons. The fourth-order valence-corrected chi connectivity index (χ4v) is 1.99. The minimum Gasteiger partial charge on any atom is -0.383 e. The number of anilines is 1. The molecule has 3 nitrogen and oxygen atoms in total. The van der Waals surface area contributed by atoms with Crippen LogP contribution in [0.4, 0.5) is 5.82 Å². The smallest absolute Gasteiger partial charge is 0.143 e. The number of pyridine rings is 1. The van der Waals surface area contributed by atoms with Crippen molar-refractivity contribution in [2.75, 3.05) is 25.2 Å². The topological polar surface area (TPSA) is 25.4 Å². The molecule has 0 aromatic carbocycles. The zero-order valence-corrected chi connectivity index (χ0v) is 11.9. The van der Waals surface area contributed by atoms with Gasteiger partial charge in [-0.05, 0) is 48.3 Å². The standard InChI is InChI=1S/C12H19BrN2O/c1-9(2)15(7-8-16-4)12-11(13)10(3)5-6-14-12/h5-6,9H,7-8H2,1-4H3. The van der Waals surface area contributed by atoms with Crippen LogP contribution in [0.15, 0.2) is 16.7 Å². The van der Waals surface area contributed by atoms with Crippen LogP contribution in [0, 0.1) is 6.92 Å². The molecule has 0 N–H and O–H groups in total. The number of nitrogens with zero attached hydrogens (tertiary/aromatic N) is 2. The lowest BCUT2D eigenvalue weighted by atomic mass is 10.2. The molecule has 0 fully saturated rings. The van der Waals surface area contributed by atoms with E-state index < -0.39 is 0 Å². The lowest BCUT2D eigenvalue weighted by Crippen LogP contribution is -2.34. The third-order valence-electron chi connectivity index (χ3n) is 2.50. The van der Waals surface area contributed by atoms with E-state index in [0.29, 0.717) is 12.6 Å². The molecular formula is C12H19BrN2O. The molecule has 0 saturated carbocycles. The molecule has 0 spiro atoms. The minimum atomic E-state index is 0.403. The number of hydrogen-bond acceptors (Lipinski definition) is 3. The Balaban J connectivity index is 2.96. The molecule has 1 heterocycles. The molecule has 1 aromatic rings. The van der Waals surface area contributed by atoms with Gasteiger partial charge in [-0.1, -0.05) is 0 Å². The molecule has 0 aliphatic heterocycles. The van der Waals surface area contributed by atoms with Gasteiger partial charge in [-0.25, -0.2) is 4.98 Å². The number of halogens is 1. The van der Waals surface area contributed by atoms with Crippen molar-refractivity contribution in [2.45, 2.75) is 26.8 Å². The Hall–Kier alpha value is -0.610. The zero-order valence-electron chi connectivity index (χ0n) is 10.3. The first kappa shape index (κ1) is 13.5. The largest absolute Gasteiger partial charge is 0.383 e. The monoisotopic (exact) mass is 286 g/mol. The lowest BCUT2D eigenvalue weighted by Gasteiger charge is -2.28. The Kier molecular flexibility index (Phi) is 5.22. The average Bonchev–Trinajstić information content (AvgIpc) is 2.24. The summed E-state index contributed by atoms with van der Waals surface area (Å²) in [6, 6.07) is 2.41. The molecule has 0 aliphatic carbocycles. The van der Waals surface area contributed by atoms with Gasteiger partial charge < -0.3 is 9.64 Å². The molecule has 0 unspecified atom stereocenters. The Morgan fingerprint density at radius 3 is 2.75 bits per heavy atom. The SMILES string of the molecule is COCCN(c1nccc(C)c1Br)C(C)C. The van der Waals surface area contributed by atoms with Crippen LogP contribution in [0.5, 0.6) is 0 Å². The van der Waals surface area contributed by atoms with Crippen molar-refractivity contribution >= 4 is 21.7 Å². The van der Waals surface area contributed by atoms with Gasteiger partial charge in [0.05, 0.1) is 11.1 Å². The van der Waals surface area contributed by atoms with Gasteiger partial charge in [-0.2, -0.15) is 0 Å². The summed E-state index contributed by atoms with van der Waals surface area (Å²) in [5.41, 5.74) is 1.20. The second-order valence-corrected chi connectivity index (χ2v) is 4.84. The Morgan fingerprint density at radius 1 is 1.50 bits per heavy atom. The number of aryl methyl sites for hydroxylation is 1. The molecule has 0 amide bonds. The highest BCUT2D eigenvalue weighted by molar-refractivity contribution is 9.10. The molecule has 0 saturated heterocycles. The van der Waals surface area contributed by atoms with E-state index in [4.69, 9.17) is 4.74 Å². The Labute approximate surface area is 106 Å². The second kappa shape index (κ2) is 6.21. The quantitative estimate of drug-likeness (QED) is 0.832. The molecule has 4 heteroatoms. The summed E-state index contributed by atoms with van der Waals surface area (Å²) >= 11 is 3.60. The first-order valence-corrected chi connectivity index (χ1v) is 6.24. The van der Waals surface area contributed by atoms with Crippen LogP contribution in [-0.4, -0.2) is 31.3 Å². The maximum atomic E-state index is 5.13. The van der Waals surface area contributed by atoms with E-state index in [-0.39, 0.29) is 0 Å². The Morgan fingerprint density at radius 2 is 2.19 bits per heavy atom. The second-order valence-electron chi connectivity index (χ2n) is 4.05. The highest BCUT2D eigenvalue weighted by atomic mass is 79.9. The van der Waals surface area contributed by atoms with Crippen molar-refractivity contribution in [2.24, 2.45) is 0 Å². The van der Waals surface area contributed by atoms with Crippen LogP contribution in [0.2, 0.25) is 0 Å². The molecule has 0 aliphatic rings. The van der Waals surface area contributed by atoms with Crippen LogP contribution in [0.1, 0.15) is 19.4 Å². The molecule has 1 aromatic heterocycles. The van der Waals surface area contributed by atoms with Crippen molar-refractivity contribution in [3.8, 4) is 0 Å². The van der Waals surface area contributed by atoms with Crippen LogP contribution >= 0.6 is 15.9 Å². The van der Waals surface area contributed by atoms with E-state index in [1.54, 1.807) is 7.11 Å². The van der Waals surface area contributed by atoms with Crippen LogP contribution in [0.25, 0.3) is 0 Å². The summed E-state index contributed by atoms with van der Waals surface area (Å²) in [4.78, 5) is 6.67. The summed E-state index contributed by atoms with van der Waals surface area (Å²) in [6.07, 6.45) is 1.84.